The summed E-state index contributed by atoms with van der Waals surface area (Å²) in [5.41, 5.74) is 2.79. The van der Waals surface area contributed by atoms with Crippen molar-refractivity contribution in [1.29, 1.82) is 0 Å². The van der Waals surface area contributed by atoms with Gasteiger partial charge in [0.25, 0.3) is 5.91 Å². The predicted molar refractivity (Wildman–Crippen MR) is 108 cm³/mol. The maximum Gasteiger partial charge on any atom is 0.311 e. The van der Waals surface area contributed by atoms with E-state index < -0.39 is 12.1 Å². The van der Waals surface area contributed by atoms with E-state index in [0.29, 0.717) is 13.0 Å². The van der Waals surface area contributed by atoms with E-state index in [-0.39, 0.29) is 12.3 Å². The zero-order valence-corrected chi connectivity index (χ0v) is 15.6. The van der Waals surface area contributed by atoms with Gasteiger partial charge < -0.3 is 10.1 Å². The number of benzene rings is 3. The van der Waals surface area contributed by atoms with Crippen molar-refractivity contribution in [3.63, 3.8) is 0 Å². The fourth-order valence-electron chi connectivity index (χ4n) is 2.88. The summed E-state index contributed by atoms with van der Waals surface area (Å²) in [6.07, 6.45) is -0.401. The summed E-state index contributed by atoms with van der Waals surface area (Å²) in [6.45, 7) is 0.390. The lowest BCUT2D eigenvalue weighted by atomic mass is 10.1. The van der Waals surface area contributed by atoms with Crippen LogP contribution in [0.1, 0.15) is 16.7 Å². The van der Waals surface area contributed by atoms with Crippen LogP contribution in [0, 0.1) is 0 Å². The average Bonchev–Trinajstić information content (AvgIpc) is 2.74. The number of hydrogen-bond donors (Lipinski definition) is 1. The molecule has 1 N–H and O–H groups in total. The summed E-state index contributed by atoms with van der Waals surface area (Å²) in [5.74, 6) is -0.712. The summed E-state index contributed by atoms with van der Waals surface area (Å²) < 4.78 is 5.56. The SMILES string of the molecule is O=C(Cc1ccccc1)OC(Cc1ccccc1)C(=O)NCc1ccccc1. The van der Waals surface area contributed by atoms with Crippen LogP contribution >= 0.6 is 0 Å². The Balaban J connectivity index is 1.65. The van der Waals surface area contributed by atoms with E-state index >= 15 is 0 Å². The van der Waals surface area contributed by atoms with Crippen LogP contribution < -0.4 is 5.32 Å². The first kappa shape index (κ1) is 19.4. The van der Waals surface area contributed by atoms with Gasteiger partial charge in [-0.05, 0) is 16.7 Å². The largest absolute Gasteiger partial charge is 0.452 e. The van der Waals surface area contributed by atoms with Crippen molar-refractivity contribution in [1.82, 2.24) is 5.32 Å². The Hall–Kier alpha value is -3.40. The van der Waals surface area contributed by atoms with Crippen molar-refractivity contribution in [3.05, 3.63) is 108 Å². The minimum absolute atomic E-state index is 0.137. The van der Waals surface area contributed by atoms with Crippen molar-refractivity contribution in [3.8, 4) is 0 Å². The van der Waals surface area contributed by atoms with Gasteiger partial charge in [0, 0.05) is 13.0 Å². The first-order valence-corrected chi connectivity index (χ1v) is 9.29. The van der Waals surface area contributed by atoms with Gasteiger partial charge in [-0.25, -0.2) is 0 Å². The van der Waals surface area contributed by atoms with E-state index in [9.17, 15) is 9.59 Å². The lowest BCUT2D eigenvalue weighted by Gasteiger charge is -2.18. The molecule has 1 amide bonds. The number of carbonyl (C=O) groups is 2. The molecule has 0 aliphatic rings. The van der Waals surface area contributed by atoms with Crippen LogP contribution in [0.3, 0.4) is 0 Å². The fraction of sp³-hybridized carbons (Fsp3) is 0.167. The van der Waals surface area contributed by atoms with Crippen LogP contribution in [0.25, 0.3) is 0 Å². The van der Waals surface area contributed by atoms with Crippen molar-refractivity contribution >= 4 is 11.9 Å². The molecule has 0 heterocycles. The molecule has 1 atom stereocenters. The van der Waals surface area contributed by atoms with Crippen LogP contribution in [-0.2, 0) is 33.7 Å². The first-order valence-electron chi connectivity index (χ1n) is 9.29. The molecule has 0 bridgehead atoms. The minimum Gasteiger partial charge on any atom is -0.452 e. The molecule has 4 heteroatoms. The van der Waals surface area contributed by atoms with Crippen molar-refractivity contribution in [2.24, 2.45) is 0 Å². The highest BCUT2D eigenvalue weighted by Crippen LogP contribution is 2.10. The number of rotatable bonds is 8. The van der Waals surface area contributed by atoms with Gasteiger partial charge in [0.2, 0.25) is 0 Å². The molecule has 0 spiro atoms. The van der Waals surface area contributed by atoms with Crippen LogP contribution in [0.2, 0.25) is 0 Å². The summed E-state index contributed by atoms with van der Waals surface area (Å²) in [7, 11) is 0. The number of amides is 1. The predicted octanol–water partition coefficient (Wildman–Crippen LogP) is 3.70. The fourth-order valence-corrected chi connectivity index (χ4v) is 2.88. The Kier molecular flexibility index (Phi) is 6.96. The molecule has 0 aliphatic carbocycles. The third-order valence-electron chi connectivity index (χ3n) is 4.33. The van der Waals surface area contributed by atoms with Crippen LogP contribution in [0.4, 0.5) is 0 Å². The topological polar surface area (TPSA) is 55.4 Å². The van der Waals surface area contributed by atoms with E-state index in [4.69, 9.17) is 4.74 Å². The highest BCUT2D eigenvalue weighted by molar-refractivity contribution is 5.84. The van der Waals surface area contributed by atoms with Gasteiger partial charge in [-0.1, -0.05) is 91.0 Å². The molecule has 0 fully saturated rings. The van der Waals surface area contributed by atoms with E-state index in [1.807, 2.05) is 91.0 Å². The van der Waals surface area contributed by atoms with Crippen LogP contribution in [0.15, 0.2) is 91.0 Å². The molecule has 0 radical (unpaired) electrons. The second kappa shape index (κ2) is 10.1. The molecule has 0 aromatic heterocycles. The van der Waals surface area contributed by atoms with E-state index in [0.717, 1.165) is 16.7 Å². The smallest absolute Gasteiger partial charge is 0.311 e. The minimum atomic E-state index is -0.873. The van der Waals surface area contributed by atoms with Gasteiger partial charge in [-0.3, -0.25) is 9.59 Å². The number of hydrogen-bond acceptors (Lipinski definition) is 3. The van der Waals surface area contributed by atoms with Gasteiger partial charge in [-0.2, -0.15) is 0 Å². The second-order valence-corrected chi connectivity index (χ2v) is 6.53. The summed E-state index contributed by atoms with van der Waals surface area (Å²) in [6, 6.07) is 28.6. The second-order valence-electron chi connectivity index (χ2n) is 6.53. The van der Waals surface area contributed by atoms with Crippen molar-refractivity contribution < 1.29 is 14.3 Å². The number of ether oxygens (including phenoxy) is 1. The number of esters is 1. The lowest BCUT2D eigenvalue weighted by Crippen LogP contribution is -2.39. The van der Waals surface area contributed by atoms with Crippen molar-refractivity contribution in [2.75, 3.05) is 0 Å². The molecule has 0 saturated carbocycles. The zero-order chi connectivity index (χ0) is 19.6. The highest BCUT2D eigenvalue weighted by atomic mass is 16.5. The molecule has 28 heavy (non-hydrogen) atoms. The van der Waals surface area contributed by atoms with Gasteiger partial charge in [-0.15, -0.1) is 0 Å². The zero-order valence-electron chi connectivity index (χ0n) is 15.6. The van der Waals surface area contributed by atoms with Gasteiger partial charge in [0.05, 0.1) is 6.42 Å². The molecule has 142 valence electrons. The molecular formula is C24H23NO3. The molecule has 0 aliphatic heterocycles. The highest BCUT2D eigenvalue weighted by Gasteiger charge is 2.23. The normalized spacial score (nSPS) is 11.4. The van der Waals surface area contributed by atoms with Gasteiger partial charge in [0.15, 0.2) is 6.10 Å². The lowest BCUT2D eigenvalue weighted by molar-refractivity contribution is -0.155. The standard InChI is InChI=1S/C24H23NO3/c26-23(17-20-12-6-2-7-13-20)28-22(16-19-10-4-1-5-11-19)24(27)25-18-21-14-8-3-9-15-21/h1-15,22H,16-18H2,(H,25,27). The van der Waals surface area contributed by atoms with Crippen LogP contribution in [-0.4, -0.2) is 18.0 Å². The average molecular weight is 373 g/mol. The van der Waals surface area contributed by atoms with E-state index in [1.165, 1.54) is 0 Å². The molecule has 0 saturated heterocycles. The van der Waals surface area contributed by atoms with Gasteiger partial charge in [0.1, 0.15) is 0 Å². The Morgan fingerprint density at radius 2 is 1.21 bits per heavy atom. The molecular weight excluding hydrogens is 350 g/mol. The summed E-state index contributed by atoms with van der Waals surface area (Å²) >= 11 is 0. The Labute approximate surface area is 165 Å². The maximum absolute atomic E-state index is 12.7. The monoisotopic (exact) mass is 373 g/mol. The number of carbonyl (C=O) groups excluding carboxylic acids is 2. The summed E-state index contributed by atoms with van der Waals surface area (Å²) in [4.78, 5) is 25.1. The Morgan fingerprint density at radius 1 is 0.714 bits per heavy atom. The molecule has 1 unspecified atom stereocenters. The maximum atomic E-state index is 12.7. The quantitative estimate of drug-likeness (QED) is 0.613. The van der Waals surface area contributed by atoms with Crippen molar-refractivity contribution in [2.45, 2.75) is 25.5 Å². The third-order valence-corrected chi connectivity index (χ3v) is 4.33. The summed E-state index contributed by atoms with van der Waals surface area (Å²) in [5, 5.41) is 2.87. The van der Waals surface area contributed by atoms with E-state index in [2.05, 4.69) is 5.32 Å². The third kappa shape index (κ3) is 6.09. The molecule has 3 aromatic carbocycles. The Morgan fingerprint density at radius 3 is 1.79 bits per heavy atom. The molecule has 3 aromatic rings. The Bertz CT molecular complexity index is 879. The molecule has 4 nitrogen and oxygen atoms in total. The molecule has 3 rings (SSSR count). The van der Waals surface area contributed by atoms with E-state index in [1.54, 1.807) is 0 Å². The number of nitrogens with one attached hydrogen (secondary N) is 1. The first-order chi connectivity index (χ1) is 13.7. The van der Waals surface area contributed by atoms with Crippen LogP contribution in [0.5, 0.6) is 0 Å². The van der Waals surface area contributed by atoms with Gasteiger partial charge >= 0.3 is 5.97 Å².